The highest BCUT2D eigenvalue weighted by Gasteiger charge is 2.04. The summed E-state index contributed by atoms with van der Waals surface area (Å²) < 4.78 is 4.38. The lowest BCUT2D eigenvalue weighted by molar-refractivity contribution is 0.0593. The van der Waals surface area contributed by atoms with Crippen molar-refractivity contribution in [2.45, 2.75) is 6.42 Å². The molecule has 8 heteroatoms. The second-order valence-electron chi connectivity index (χ2n) is 4.11. The summed E-state index contributed by atoms with van der Waals surface area (Å²) in [7, 11) is 1.26. The SMILES string of the molecule is COC(=O)c1cccc(=O)[nH]1.N#CCC(=O)c1cccc(=O)[nH]1. The Bertz CT molecular complexity index is 845. The summed E-state index contributed by atoms with van der Waals surface area (Å²) in [6.07, 6.45) is -0.208. The number of nitriles is 1. The second kappa shape index (κ2) is 8.74. The average molecular weight is 315 g/mol. The number of hydrogen-bond donors (Lipinski definition) is 2. The van der Waals surface area contributed by atoms with Crippen LogP contribution in [0, 0.1) is 11.3 Å². The lowest BCUT2D eigenvalue weighted by Gasteiger charge is -1.95. The molecule has 0 unspecified atom stereocenters. The van der Waals surface area contributed by atoms with Crippen LogP contribution in [0.2, 0.25) is 0 Å². The van der Waals surface area contributed by atoms with Crippen LogP contribution in [0.15, 0.2) is 46.0 Å². The lowest BCUT2D eigenvalue weighted by Crippen LogP contribution is -2.11. The van der Waals surface area contributed by atoms with E-state index < -0.39 is 5.97 Å². The van der Waals surface area contributed by atoms with Crippen LogP contribution in [0.25, 0.3) is 0 Å². The maximum Gasteiger partial charge on any atom is 0.354 e. The van der Waals surface area contributed by atoms with E-state index in [0.29, 0.717) is 0 Å². The number of esters is 1. The van der Waals surface area contributed by atoms with Gasteiger partial charge in [0.25, 0.3) is 0 Å². The Morgan fingerprint density at radius 2 is 1.57 bits per heavy atom. The number of carbonyl (C=O) groups is 2. The molecule has 0 fully saturated rings. The molecule has 2 N–H and O–H groups in total. The van der Waals surface area contributed by atoms with Crippen LogP contribution in [-0.2, 0) is 4.74 Å². The summed E-state index contributed by atoms with van der Waals surface area (Å²) in [5, 5.41) is 8.20. The number of nitrogens with one attached hydrogen (secondary N) is 2. The minimum absolute atomic E-state index is 0.167. The molecule has 0 bridgehead atoms. The molecular weight excluding hydrogens is 302 g/mol. The first-order valence-electron chi connectivity index (χ1n) is 6.35. The quantitative estimate of drug-likeness (QED) is 0.630. The van der Waals surface area contributed by atoms with Crippen LogP contribution in [0.1, 0.15) is 27.4 Å². The zero-order chi connectivity index (χ0) is 17.2. The predicted octanol–water partition coefficient (Wildman–Crippen LogP) is 0.633. The molecule has 0 aromatic carbocycles. The van der Waals surface area contributed by atoms with E-state index in [0.717, 1.165) is 0 Å². The van der Waals surface area contributed by atoms with Gasteiger partial charge in [-0.1, -0.05) is 12.1 Å². The van der Waals surface area contributed by atoms with E-state index in [1.807, 2.05) is 0 Å². The molecule has 0 atom stereocenters. The highest BCUT2D eigenvalue weighted by molar-refractivity contribution is 5.95. The molecular formula is C15H13N3O5. The van der Waals surface area contributed by atoms with Gasteiger partial charge in [-0.3, -0.25) is 14.4 Å². The van der Waals surface area contributed by atoms with Crippen LogP contribution in [-0.4, -0.2) is 28.8 Å². The molecule has 2 heterocycles. The largest absolute Gasteiger partial charge is 0.464 e. The summed E-state index contributed by atoms with van der Waals surface area (Å²) in [5.74, 6) is -0.905. The fraction of sp³-hybridized carbons (Fsp3) is 0.133. The second-order valence-corrected chi connectivity index (χ2v) is 4.11. The number of carbonyl (C=O) groups excluding carboxylic acids is 2. The van der Waals surface area contributed by atoms with E-state index in [1.54, 1.807) is 6.07 Å². The number of ether oxygens (including phenoxy) is 1. The summed E-state index contributed by atoms with van der Waals surface area (Å²) in [6, 6.07) is 10.3. The van der Waals surface area contributed by atoms with Gasteiger partial charge in [0, 0.05) is 12.1 Å². The van der Waals surface area contributed by atoms with E-state index in [1.165, 1.54) is 43.5 Å². The molecule has 0 saturated heterocycles. The number of aromatic amines is 2. The van der Waals surface area contributed by atoms with Crippen LogP contribution < -0.4 is 11.1 Å². The lowest BCUT2D eigenvalue weighted by atomic mass is 10.2. The van der Waals surface area contributed by atoms with Crippen molar-refractivity contribution in [2.24, 2.45) is 0 Å². The molecule has 0 aliphatic carbocycles. The Labute approximate surface area is 130 Å². The van der Waals surface area contributed by atoms with Gasteiger partial charge in [-0.25, -0.2) is 4.79 Å². The van der Waals surface area contributed by atoms with Gasteiger partial charge in [-0.05, 0) is 12.1 Å². The van der Waals surface area contributed by atoms with Crippen molar-refractivity contribution in [3.05, 3.63) is 68.5 Å². The van der Waals surface area contributed by atoms with Crippen molar-refractivity contribution in [1.82, 2.24) is 9.97 Å². The van der Waals surface area contributed by atoms with Gasteiger partial charge in [0.05, 0.1) is 18.9 Å². The number of nitrogens with zero attached hydrogens (tertiary/aromatic N) is 1. The van der Waals surface area contributed by atoms with Crippen molar-refractivity contribution in [2.75, 3.05) is 7.11 Å². The third-order valence-electron chi connectivity index (χ3n) is 2.48. The number of methoxy groups -OCH3 is 1. The third-order valence-corrected chi connectivity index (χ3v) is 2.48. The van der Waals surface area contributed by atoms with Crippen molar-refractivity contribution in [3.63, 3.8) is 0 Å². The highest BCUT2D eigenvalue weighted by atomic mass is 16.5. The monoisotopic (exact) mass is 315 g/mol. The number of H-pyrrole nitrogens is 2. The smallest absolute Gasteiger partial charge is 0.354 e. The Kier molecular flexibility index (Phi) is 6.68. The van der Waals surface area contributed by atoms with Crippen LogP contribution in [0.5, 0.6) is 0 Å². The van der Waals surface area contributed by atoms with Gasteiger partial charge in [0.1, 0.15) is 12.1 Å². The fourth-order valence-corrected chi connectivity index (χ4v) is 1.45. The van der Waals surface area contributed by atoms with Crippen LogP contribution >= 0.6 is 0 Å². The first kappa shape index (κ1) is 17.6. The maximum atomic E-state index is 11.0. The zero-order valence-electron chi connectivity index (χ0n) is 12.2. The molecule has 2 rings (SSSR count). The Morgan fingerprint density at radius 1 is 1.04 bits per heavy atom. The minimum atomic E-state index is -0.539. The number of aromatic nitrogens is 2. The Balaban J connectivity index is 0.000000231. The molecule has 0 amide bonds. The van der Waals surface area contributed by atoms with E-state index >= 15 is 0 Å². The van der Waals surface area contributed by atoms with Crippen molar-refractivity contribution in [1.29, 1.82) is 5.26 Å². The zero-order valence-corrected chi connectivity index (χ0v) is 12.2. The molecule has 23 heavy (non-hydrogen) atoms. The maximum absolute atomic E-state index is 11.0. The van der Waals surface area contributed by atoms with Gasteiger partial charge in [0.15, 0.2) is 5.78 Å². The van der Waals surface area contributed by atoms with E-state index in [-0.39, 0.29) is 34.7 Å². The minimum Gasteiger partial charge on any atom is -0.464 e. The van der Waals surface area contributed by atoms with Crippen molar-refractivity contribution >= 4 is 11.8 Å². The molecule has 0 spiro atoms. The number of pyridine rings is 2. The van der Waals surface area contributed by atoms with Crippen molar-refractivity contribution < 1.29 is 14.3 Å². The fourth-order valence-electron chi connectivity index (χ4n) is 1.45. The normalized spacial score (nSPS) is 9.04. The van der Waals surface area contributed by atoms with Gasteiger partial charge in [-0.15, -0.1) is 0 Å². The van der Waals surface area contributed by atoms with Gasteiger partial charge in [-0.2, -0.15) is 5.26 Å². The first-order valence-corrected chi connectivity index (χ1v) is 6.35. The highest BCUT2D eigenvalue weighted by Crippen LogP contribution is 1.95. The van der Waals surface area contributed by atoms with Gasteiger partial charge in [0.2, 0.25) is 11.1 Å². The number of hydrogen-bond acceptors (Lipinski definition) is 6. The molecule has 2 aromatic rings. The number of ketones is 1. The predicted molar refractivity (Wildman–Crippen MR) is 80.0 cm³/mol. The summed E-state index contributed by atoms with van der Waals surface area (Å²) in [5.41, 5.74) is -0.296. The van der Waals surface area contributed by atoms with E-state index in [4.69, 9.17) is 5.26 Å². The standard InChI is InChI=1S/C8H6N2O2.C7H7NO3/c9-5-4-7(11)6-2-1-3-8(12)10-6;1-11-7(10)5-3-2-4-6(9)8-5/h1-3H,4H2,(H,10,12);2-4H,1H3,(H,8,9). The molecule has 2 aromatic heterocycles. The van der Waals surface area contributed by atoms with Gasteiger partial charge >= 0.3 is 5.97 Å². The molecule has 0 aliphatic heterocycles. The molecule has 8 nitrogen and oxygen atoms in total. The van der Waals surface area contributed by atoms with Crippen LogP contribution in [0.3, 0.4) is 0 Å². The summed E-state index contributed by atoms with van der Waals surface area (Å²) in [4.78, 5) is 47.8. The Hall–Kier alpha value is -3.47. The number of Topliss-reactive ketones (excluding diaryl/α,β-unsaturated/α-hetero) is 1. The van der Waals surface area contributed by atoms with Crippen molar-refractivity contribution in [3.8, 4) is 6.07 Å². The Morgan fingerprint density at radius 3 is 2.04 bits per heavy atom. The average Bonchev–Trinajstić information content (AvgIpc) is 2.55. The molecule has 118 valence electrons. The van der Waals surface area contributed by atoms with E-state index in [2.05, 4.69) is 14.7 Å². The first-order chi connectivity index (χ1) is 11.0. The third kappa shape index (κ3) is 5.81. The molecule has 0 aliphatic rings. The summed E-state index contributed by atoms with van der Waals surface area (Å²) >= 11 is 0. The summed E-state index contributed by atoms with van der Waals surface area (Å²) in [6.45, 7) is 0. The van der Waals surface area contributed by atoms with E-state index in [9.17, 15) is 19.2 Å². The molecule has 0 saturated carbocycles. The van der Waals surface area contributed by atoms with Gasteiger partial charge < -0.3 is 14.7 Å². The molecule has 0 radical (unpaired) electrons. The topological polar surface area (TPSA) is 133 Å². The van der Waals surface area contributed by atoms with Crippen LogP contribution in [0.4, 0.5) is 0 Å². The number of rotatable bonds is 3.